The van der Waals surface area contributed by atoms with E-state index in [1.54, 1.807) is 12.1 Å². The van der Waals surface area contributed by atoms with E-state index in [-0.39, 0.29) is 17.8 Å². The van der Waals surface area contributed by atoms with Gasteiger partial charge in [-0.05, 0) is 30.5 Å². The van der Waals surface area contributed by atoms with Crippen LogP contribution in [-0.2, 0) is 4.74 Å². The predicted octanol–water partition coefficient (Wildman–Crippen LogP) is 1.44. The van der Waals surface area contributed by atoms with Crippen LogP contribution in [0.2, 0.25) is 0 Å². The second-order valence-corrected chi connectivity index (χ2v) is 9.34. The lowest BCUT2D eigenvalue weighted by molar-refractivity contribution is -0.0575. The Morgan fingerprint density at radius 1 is 1.21 bits per heavy atom. The van der Waals surface area contributed by atoms with E-state index >= 15 is 0 Å². The molecular formula is C21H25FN6O4S. The molecule has 1 aliphatic heterocycles. The minimum absolute atomic E-state index is 0.108. The molecule has 6 atom stereocenters. The first-order valence-corrected chi connectivity index (χ1v) is 11.9. The van der Waals surface area contributed by atoms with Gasteiger partial charge in [0, 0.05) is 17.7 Å². The van der Waals surface area contributed by atoms with E-state index < -0.39 is 31.1 Å². The second kappa shape index (κ2) is 9.11. The molecule has 3 aromatic rings. The van der Waals surface area contributed by atoms with Crippen LogP contribution in [0.5, 0.6) is 0 Å². The third-order valence-electron chi connectivity index (χ3n) is 5.91. The molecule has 2 aliphatic rings. The Bertz CT molecular complexity index is 1130. The molecule has 4 N–H and O–H groups in total. The van der Waals surface area contributed by atoms with Gasteiger partial charge in [-0.2, -0.15) is 4.68 Å². The van der Waals surface area contributed by atoms with Gasteiger partial charge in [0.15, 0.2) is 28.4 Å². The summed E-state index contributed by atoms with van der Waals surface area (Å²) in [5, 5.41) is 42.3. The Kier molecular flexibility index (Phi) is 6.18. The SMILES string of the molecule is CCCSc1nc(N[C@@H]2C[C@H]2c2ccc(F)cc2)c2nnn([C@@H]3O[C@H](CO)[C@@H](O)[C@H]3O)c2n1. The molecule has 0 bridgehead atoms. The average Bonchev–Trinajstić information content (AvgIpc) is 3.35. The van der Waals surface area contributed by atoms with E-state index in [2.05, 4.69) is 32.5 Å². The van der Waals surface area contributed by atoms with Crippen molar-refractivity contribution < 1.29 is 24.4 Å². The van der Waals surface area contributed by atoms with Crippen molar-refractivity contribution >= 4 is 28.7 Å². The zero-order chi connectivity index (χ0) is 23.1. The highest BCUT2D eigenvalue weighted by Crippen LogP contribution is 2.43. The van der Waals surface area contributed by atoms with Crippen molar-refractivity contribution in [1.29, 1.82) is 0 Å². The molecular weight excluding hydrogens is 451 g/mol. The van der Waals surface area contributed by atoms with Gasteiger partial charge in [0.25, 0.3) is 0 Å². The number of rotatable bonds is 8. The molecule has 2 fully saturated rings. The number of aromatic nitrogens is 5. The Hall–Kier alpha value is -2.38. The summed E-state index contributed by atoms with van der Waals surface area (Å²) in [6, 6.07) is 6.60. The summed E-state index contributed by atoms with van der Waals surface area (Å²) in [5.41, 5.74) is 1.83. The van der Waals surface area contributed by atoms with Crippen LogP contribution in [-0.4, -0.2) is 77.0 Å². The monoisotopic (exact) mass is 476 g/mol. The van der Waals surface area contributed by atoms with E-state index in [1.807, 2.05) is 0 Å². The van der Waals surface area contributed by atoms with E-state index in [0.717, 1.165) is 24.2 Å². The summed E-state index contributed by atoms with van der Waals surface area (Å²) < 4.78 is 20.2. The summed E-state index contributed by atoms with van der Waals surface area (Å²) in [6.07, 6.45) is -2.71. The molecule has 0 radical (unpaired) electrons. The third kappa shape index (κ3) is 4.28. The summed E-state index contributed by atoms with van der Waals surface area (Å²) in [6.45, 7) is 1.63. The number of nitrogens with one attached hydrogen (secondary N) is 1. The Morgan fingerprint density at radius 2 is 2.00 bits per heavy atom. The number of nitrogens with zero attached hydrogens (tertiary/aromatic N) is 5. The largest absolute Gasteiger partial charge is 0.394 e. The number of hydrogen-bond acceptors (Lipinski definition) is 10. The molecule has 33 heavy (non-hydrogen) atoms. The first kappa shape index (κ1) is 22.4. The molecule has 3 heterocycles. The summed E-state index contributed by atoms with van der Waals surface area (Å²) in [7, 11) is 0. The van der Waals surface area contributed by atoms with Gasteiger partial charge in [-0.1, -0.05) is 36.0 Å². The lowest BCUT2D eigenvalue weighted by Crippen LogP contribution is -2.33. The van der Waals surface area contributed by atoms with Gasteiger partial charge in [-0.25, -0.2) is 14.4 Å². The number of halogens is 1. The van der Waals surface area contributed by atoms with Gasteiger partial charge < -0.3 is 25.4 Å². The van der Waals surface area contributed by atoms with E-state index in [1.165, 1.54) is 28.6 Å². The van der Waals surface area contributed by atoms with Gasteiger partial charge >= 0.3 is 0 Å². The van der Waals surface area contributed by atoms with E-state index in [4.69, 9.17) is 4.74 Å². The van der Waals surface area contributed by atoms with E-state index in [9.17, 15) is 19.7 Å². The van der Waals surface area contributed by atoms with Crippen LogP contribution in [0.25, 0.3) is 11.2 Å². The van der Waals surface area contributed by atoms with Crippen molar-refractivity contribution in [3.8, 4) is 0 Å². The number of hydrogen-bond donors (Lipinski definition) is 4. The molecule has 12 heteroatoms. The van der Waals surface area contributed by atoms with Crippen LogP contribution in [0.15, 0.2) is 29.4 Å². The molecule has 0 amide bonds. The summed E-state index contributed by atoms with van der Waals surface area (Å²) in [4.78, 5) is 9.21. The number of aliphatic hydroxyl groups excluding tert-OH is 3. The van der Waals surface area contributed by atoms with E-state index in [0.29, 0.717) is 22.1 Å². The number of thioether (sulfide) groups is 1. The van der Waals surface area contributed by atoms with Gasteiger partial charge in [0.2, 0.25) is 0 Å². The number of benzene rings is 1. The van der Waals surface area contributed by atoms with Crippen molar-refractivity contribution in [3.05, 3.63) is 35.6 Å². The zero-order valence-corrected chi connectivity index (χ0v) is 18.7. The molecule has 1 aliphatic carbocycles. The maximum atomic E-state index is 13.3. The Balaban J connectivity index is 1.45. The zero-order valence-electron chi connectivity index (χ0n) is 17.9. The normalized spacial score (nSPS) is 29.0. The molecule has 1 saturated heterocycles. The molecule has 1 saturated carbocycles. The van der Waals surface area contributed by atoms with Crippen LogP contribution in [0.1, 0.15) is 37.5 Å². The van der Waals surface area contributed by atoms with Crippen molar-refractivity contribution in [2.75, 3.05) is 17.7 Å². The lowest BCUT2D eigenvalue weighted by atomic mass is 10.1. The average molecular weight is 477 g/mol. The highest BCUT2D eigenvalue weighted by atomic mass is 32.2. The summed E-state index contributed by atoms with van der Waals surface area (Å²) in [5.74, 6) is 1.31. The highest BCUT2D eigenvalue weighted by Gasteiger charge is 2.45. The summed E-state index contributed by atoms with van der Waals surface area (Å²) >= 11 is 1.49. The molecule has 5 rings (SSSR count). The van der Waals surface area contributed by atoms with Crippen molar-refractivity contribution in [3.63, 3.8) is 0 Å². The highest BCUT2D eigenvalue weighted by molar-refractivity contribution is 7.99. The lowest BCUT2D eigenvalue weighted by Gasteiger charge is -2.15. The quantitative estimate of drug-likeness (QED) is 0.279. The number of fused-ring (bicyclic) bond motifs is 1. The van der Waals surface area contributed by atoms with Crippen molar-refractivity contribution in [2.24, 2.45) is 0 Å². The van der Waals surface area contributed by atoms with Gasteiger partial charge in [0.05, 0.1) is 6.61 Å². The topological polar surface area (TPSA) is 138 Å². The maximum absolute atomic E-state index is 13.3. The fraction of sp³-hybridized carbons (Fsp3) is 0.524. The minimum Gasteiger partial charge on any atom is -0.394 e. The van der Waals surface area contributed by atoms with Gasteiger partial charge in [-0.15, -0.1) is 5.10 Å². The van der Waals surface area contributed by atoms with Crippen LogP contribution in [0.3, 0.4) is 0 Å². The molecule has 10 nitrogen and oxygen atoms in total. The van der Waals surface area contributed by atoms with Crippen LogP contribution >= 0.6 is 11.8 Å². The molecule has 2 aromatic heterocycles. The predicted molar refractivity (Wildman–Crippen MR) is 118 cm³/mol. The molecule has 1 aromatic carbocycles. The minimum atomic E-state index is -1.29. The van der Waals surface area contributed by atoms with Crippen LogP contribution < -0.4 is 5.32 Å². The molecule has 0 spiro atoms. The van der Waals surface area contributed by atoms with Crippen LogP contribution in [0, 0.1) is 5.82 Å². The standard InChI is InChI=1S/C21H25FN6O4S/c1-2-7-33-21-24-18(23-13-8-12(13)10-3-5-11(22)6-4-10)15-19(25-21)28(27-26-15)20-17(31)16(30)14(9-29)32-20/h3-6,12-14,16-17,20,29-31H,2,7-9H2,1H3,(H,23,24,25)/t12-,13+,14+,16+,17+,20+/m0/s1. The number of aliphatic hydroxyl groups is 3. The maximum Gasteiger partial charge on any atom is 0.191 e. The Morgan fingerprint density at radius 3 is 2.70 bits per heavy atom. The fourth-order valence-corrected chi connectivity index (χ4v) is 4.72. The first-order valence-electron chi connectivity index (χ1n) is 10.9. The Labute approximate surface area is 193 Å². The number of ether oxygens (including phenoxy) is 1. The fourth-order valence-electron chi connectivity index (χ4n) is 4.03. The third-order valence-corrected chi connectivity index (χ3v) is 6.96. The molecule has 176 valence electrons. The molecule has 0 unspecified atom stereocenters. The van der Waals surface area contributed by atoms with Gasteiger partial charge in [-0.3, -0.25) is 0 Å². The first-order chi connectivity index (χ1) is 16.0. The van der Waals surface area contributed by atoms with Gasteiger partial charge in [0.1, 0.15) is 24.1 Å². The number of anilines is 1. The van der Waals surface area contributed by atoms with Crippen molar-refractivity contribution in [1.82, 2.24) is 25.0 Å². The van der Waals surface area contributed by atoms with Crippen molar-refractivity contribution in [2.45, 2.75) is 61.4 Å². The smallest absolute Gasteiger partial charge is 0.191 e. The second-order valence-electron chi connectivity index (χ2n) is 8.28. The van der Waals surface area contributed by atoms with Crippen LogP contribution in [0.4, 0.5) is 10.2 Å².